The van der Waals surface area contributed by atoms with E-state index in [1.165, 1.54) is 0 Å². The number of amides is 1. The Labute approximate surface area is 94.7 Å². The zero-order chi connectivity index (χ0) is 11.5. The molecule has 1 amide bonds. The highest BCUT2D eigenvalue weighted by atomic mass is 16.2. The van der Waals surface area contributed by atoms with Crippen LogP contribution in [0.25, 0.3) is 0 Å². The van der Waals surface area contributed by atoms with Crippen LogP contribution in [0.1, 0.15) is 19.4 Å². The van der Waals surface area contributed by atoms with Crippen LogP contribution >= 0.6 is 0 Å². The molecule has 2 N–H and O–H groups in total. The summed E-state index contributed by atoms with van der Waals surface area (Å²) in [5.41, 5.74) is 3.53. The van der Waals surface area contributed by atoms with Crippen LogP contribution in [0.5, 0.6) is 0 Å². The van der Waals surface area contributed by atoms with Crippen LogP contribution in [0.15, 0.2) is 35.4 Å². The van der Waals surface area contributed by atoms with Crippen molar-refractivity contribution in [2.45, 2.75) is 19.9 Å². The van der Waals surface area contributed by atoms with Gasteiger partial charge in [-0.2, -0.15) is 5.10 Å². The topological polar surface area (TPSA) is 53.5 Å². The van der Waals surface area contributed by atoms with Gasteiger partial charge in [0.15, 0.2) is 5.84 Å². The van der Waals surface area contributed by atoms with E-state index in [0.29, 0.717) is 0 Å². The smallest absolute Gasteiger partial charge is 0.262 e. The number of hydrazone groups is 1. The summed E-state index contributed by atoms with van der Waals surface area (Å²) in [6, 6.07) is 9.54. The first-order chi connectivity index (χ1) is 7.68. The van der Waals surface area contributed by atoms with Crippen molar-refractivity contribution in [1.82, 2.24) is 10.7 Å². The molecular formula is C12H15N3O. The maximum atomic E-state index is 11.5. The molecule has 2 rings (SSSR count). The van der Waals surface area contributed by atoms with Gasteiger partial charge in [0.1, 0.15) is 6.04 Å². The minimum Gasteiger partial charge on any atom is -0.356 e. The first-order valence-electron chi connectivity index (χ1n) is 5.38. The van der Waals surface area contributed by atoms with Gasteiger partial charge in [-0.05, 0) is 5.92 Å². The van der Waals surface area contributed by atoms with Crippen LogP contribution in [-0.4, -0.2) is 17.8 Å². The van der Waals surface area contributed by atoms with Gasteiger partial charge >= 0.3 is 0 Å². The van der Waals surface area contributed by atoms with Crippen molar-refractivity contribution in [2.75, 3.05) is 0 Å². The van der Waals surface area contributed by atoms with Gasteiger partial charge in [-0.15, -0.1) is 0 Å². The number of amidine groups is 1. The van der Waals surface area contributed by atoms with E-state index in [4.69, 9.17) is 0 Å². The Bertz CT molecular complexity index is 412. The van der Waals surface area contributed by atoms with Crippen molar-refractivity contribution in [1.29, 1.82) is 0 Å². The summed E-state index contributed by atoms with van der Waals surface area (Å²) in [6.07, 6.45) is 0. The van der Waals surface area contributed by atoms with E-state index in [1.54, 1.807) is 0 Å². The Balaban J connectivity index is 2.23. The first kappa shape index (κ1) is 10.7. The summed E-state index contributed by atoms with van der Waals surface area (Å²) in [7, 11) is 0. The van der Waals surface area contributed by atoms with Gasteiger partial charge in [0.05, 0.1) is 0 Å². The largest absolute Gasteiger partial charge is 0.356 e. The maximum Gasteiger partial charge on any atom is 0.262 e. The van der Waals surface area contributed by atoms with Gasteiger partial charge in [-0.25, -0.2) is 5.43 Å². The Morgan fingerprint density at radius 1 is 1.25 bits per heavy atom. The number of benzene rings is 1. The summed E-state index contributed by atoms with van der Waals surface area (Å²) in [5.74, 6) is 0.878. The molecule has 1 heterocycles. The Kier molecular flexibility index (Phi) is 2.90. The lowest BCUT2D eigenvalue weighted by molar-refractivity contribution is -0.124. The molecule has 84 valence electrons. The summed E-state index contributed by atoms with van der Waals surface area (Å²) in [6.45, 7) is 4.01. The number of carbonyl (C=O) groups excluding carboxylic acids is 1. The second-order valence-corrected chi connectivity index (χ2v) is 4.17. The molecule has 1 atom stereocenters. The molecule has 4 heteroatoms. The van der Waals surface area contributed by atoms with E-state index in [1.807, 2.05) is 44.2 Å². The third kappa shape index (κ3) is 2.05. The molecule has 4 nitrogen and oxygen atoms in total. The van der Waals surface area contributed by atoms with Crippen molar-refractivity contribution < 1.29 is 4.79 Å². The third-order valence-corrected chi connectivity index (χ3v) is 2.57. The maximum absolute atomic E-state index is 11.5. The van der Waals surface area contributed by atoms with Crippen LogP contribution in [0, 0.1) is 5.92 Å². The molecule has 0 saturated carbocycles. The number of hydrogen-bond donors (Lipinski definition) is 2. The quantitative estimate of drug-likeness (QED) is 0.779. The monoisotopic (exact) mass is 217 g/mol. The van der Waals surface area contributed by atoms with Crippen molar-refractivity contribution in [3.63, 3.8) is 0 Å². The fraction of sp³-hybridized carbons (Fsp3) is 0.333. The molecular weight excluding hydrogens is 202 g/mol. The lowest BCUT2D eigenvalue weighted by atomic mass is 10.0. The van der Waals surface area contributed by atoms with Crippen LogP contribution in [0.3, 0.4) is 0 Å². The fourth-order valence-electron chi connectivity index (χ4n) is 1.64. The number of carbonyl (C=O) groups is 1. The zero-order valence-corrected chi connectivity index (χ0v) is 9.40. The first-order valence-corrected chi connectivity index (χ1v) is 5.38. The number of hydrogen-bond acceptors (Lipinski definition) is 3. The molecule has 1 aliphatic heterocycles. The highest BCUT2D eigenvalue weighted by molar-refractivity contribution is 6.03. The molecule has 0 spiro atoms. The van der Waals surface area contributed by atoms with Crippen molar-refractivity contribution in [2.24, 2.45) is 11.0 Å². The number of nitrogens with one attached hydrogen (secondary N) is 2. The minimum absolute atomic E-state index is 0.0744. The summed E-state index contributed by atoms with van der Waals surface area (Å²) >= 11 is 0. The van der Waals surface area contributed by atoms with Crippen molar-refractivity contribution in [3.8, 4) is 0 Å². The second-order valence-electron chi connectivity index (χ2n) is 4.17. The fourth-order valence-corrected chi connectivity index (χ4v) is 1.64. The molecule has 1 unspecified atom stereocenters. The van der Waals surface area contributed by atoms with E-state index < -0.39 is 0 Å². The second kappa shape index (κ2) is 4.35. The Hall–Kier alpha value is -1.84. The Morgan fingerprint density at radius 3 is 2.56 bits per heavy atom. The summed E-state index contributed by atoms with van der Waals surface area (Å²) in [4.78, 5) is 11.5. The highest BCUT2D eigenvalue weighted by Crippen LogP contribution is 2.08. The van der Waals surface area contributed by atoms with Gasteiger partial charge < -0.3 is 5.32 Å². The van der Waals surface area contributed by atoms with Crippen LogP contribution in [-0.2, 0) is 4.79 Å². The lowest BCUT2D eigenvalue weighted by Gasteiger charge is -2.26. The van der Waals surface area contributed by atoms with E-state index in [-0.39, 0.29) is 17.9 Å². The van der Waals surface area contributed by atoms with Gasteiger partial charge in [-0.3, -0.25) is 4.79 Å². The molecule has 1 aromatic carbocycles. The molecule has 0 fully saturated rings. The summed E-state index contributed by atoms with van der Waals surface area (Å²) in [5, 5.41) is 7.18. The molecule has 0 bridgehead atoms. The van der Waals surface area contributed by atoms with Crippen LogP contribution in [0.2, 0.25) is 0 Å². The normalized spacial score (nSPS) is 20.1. The predicted octanol–water partition coefficient (Wildman–Crippen LogP) is 1.09. The molecule has 1 aromatic rings. The molecule has 0 radical (unpaired) electrons. The average Bonchev–Trinajstić information content (AvgIpc) is 2.30. The van der Waals surface area contributed by atoms with E-state index in [0.717, 1.165) is 11.4 Å². The third-order valence-electron chi connectivity index (χ3n) is 2.57. The number of nitrogens with zero attached hydrogens (tertiary/aromatic N) is 1. The zero-order valence-electron chi connectivity index (χ0n) is 9.40. The predicted molar refractivity (Wildman–Crippen MR) is 62.9 cm³/mol. The van der Waals surface area contributed by atoms with Gasteiger partial charge in [0, 0.05) is 5.56 Å². The van der Waals surface area contributed by atoms with Crippen molar-refractivity contribution >= 4 is 11.7 Å². The van der Waals surface area contributed by atoms with Gasteiger partial charge in [0.25, 0.3) is 5.91 Å². The highest BCUT2D eigenvalue weighted by Gasteiger charge is 2.26. The van der Waals surface area contributed by atoms with Gasteiger partial charge in [0.2, 0.25) is 0 Å². The van der Waals surface area contributed by atoms with Gasteiger partial charge in [-0.1, -0.05) is 44.2 Å². The van der Waals surface area contributed by atoms with Crippen LogP contribution in [0.4, 0.5) is 0 Å². The lowest BCUT2D eigenvalue weighted by Crippen LogP contribution is -2.53. The molecule has 0 aromatic heterocycles. The standard InChI is InChI=1S/C12H15N3O/c1-8(2)10-12(16)15-14-11(13-10)9-6-4-3-5-7-9/h3-8,10H,1-2H3,(H,13,14)(H,15,16). The SMILES string of the molecule is CC(C)C1NC(c2ccccc2)=NNC1=O. The van der Waals surface area contributed by atoms with E-state index in [2.05, 4.69) is 15.8 Å². The minimum atomic E-state index is -0.215. The molecule has 0 aliphatic carbocycles. The Morgan fingerprint density at radius 2 is 1.94 bits per heavy atom. The van der Waals surface area contributed by atoms with Crippen LogP contribution < -0.4 is 10.7 Å². The van der Waals surface area contributed by atoms with E-state index in [9.17, 15) is 4.79 Å². The van der Waals surface area contributed by atoms with Crippen molar-refractivity contribution in [3.05, 3.63) is 35.9 Å². The molecule has 0 saturated heterocycles. The molecule has 16 heavy (non-hydrogen) atoms. The average molecular weight is 217 g/mol. The van der Waals surface area contributed by atoms with E-state index >= 15 is 0 Å². The number of rotatable bonds is 2. The molecule has 1 aliphatic rings. The summed E-state index contributed by atoms with van der Waals surface area (Å²) < 4.78 is 0.